The van der Waals surface area contributed by atoms with Crippen molar-refractivity contribution in [3.05, 3.63) is 0 Å². The molecule has 0 bridgehead atoms. The largest absolute Gasteiger partial charge is 0.463 e. The fraction of sp³-hybridized carbons (Fsp3) is 0.818. The van der Waals surface area contributed by atoms with Gasteiger partial charge < -0.3 is 10.5 Å². The van der Waals surface area contributed by atoms with Crippen molar-refractivity contribution in [2.24, 2.45) is 11.7 Å². The lowest BCUT2D eigenvalue weighted by Gasteiger charge is -2.13. The molecule has 0 saturated heterocycles. The summed E-state index contributed by atoms with van der Waals surface area (Å²) in [6, 6.07) is -0.551. The van der Waals surface area contributed by atoms with Crippen molar-refractivity contribution in [1.82, 2.24) is 0 Å². The van der Waals surface area contributed by atoms with Crippen LogP contribution in [0.25, 0.3) is 0 Å². The van der Waals surface area contributed by atoms with Crippen molar-refractivity contribution in [2.45, 2.75) is 52.7 Å². The second kappa shape index (κ2) is 6.56. The Labute approximate surface area is 92.6 Å². The van der Waals surface area contributed by atoms with Gasteiger partial charge in [-0.2, -0.15) is 0 Å². The Kier molecular flexibility index (Phi) is 6.17. The summed E-state index contributed by atoms with van der Waals surface area (Å²) < 4.78 is 4.94. The molecule has 90 valence electrons. The van der Waals surface area contributed by atoms with Crippen LogP contribution in [0.5, 0.6) is 0 Å². The molecule has 0 heterocycles. The number of hydrogen-bond donors (Lipinski definition) is 1. The van der Waals surface area contributed by atoms with Crippen LogP contribution in [0.15, 0.2) is 0 Å². The second-order valence-electron chi connectivity index (χ2n) is 4.24. The van der Waals surface area contributed by atoms with Gasteiger partial charge in [0.2, 0.25) is 0 Å². The first-order valence-corrected chi connectivity index (χ1v) is 5.33. The van der Waals surface area contributed by atoms with E-state index in [1.54, 1.807) is 27.7 Å². The first-order valence-electron chi connectivity index (χ1n) is 5.33. The van der Waals surface area contributed by atoms with Crippen molar-refractivity contribution in [2.75, 3.05) is 0 Å². The SMILES string of the molecule is CC(C)OC(=O)CC[C@H](N)C(=O)C(C)C.[HH]. The monoisotopic (exact) mass is 217 g/mol. The van der Waals surface area contributed by atoms with Crippen LogP contribution in [-0.4, -0.2) is 23.9 Å². The van der Waals surface area contributed by atoms with E-state index in [2.05, 4.69) is 0 Å². The fourth-order valence-corrected chi connectivity index (χ4v) is 1.17. The second-order valence-corrected chi connectivity index (χ2v) is 4.24. The zero-order valence-corrected chi connectivity index (χ0v) is 9.95. The molecule has 15 heavy (non-hydrogen) atoms. The van der Waals surface area contributed by atoms with Crippen LogP contribution in [0.1, 0.15) is 42.0 Å². The number of esters is 1. The van der Waals surface area contributed by atoms with Gasteiger partial charge in [0.15, 0.2) is 5.78 Å². The van der Waals surface area contributed by atoms with Gasteiger partial charge in [-0.05, 0) is 20.3 Å². The standard InChI is InChI=1S/C11H21NO3.H2/c1-7(2)11(14)9(12)5-6-10(13)15-8(3)4;/h7-9H,5-6,12H2,1-4H3;1H/t9-;/m0./s1. The minimum atomic E-state index is -0.551. The smallest absolute Gasteiger partial charge is 0.306 e. The summed E-state index contributed by atoms with van der Waals surface area (Å²) in [5.41, 5.74) is 5.64. The molecule has 4 nitrogen and oxygen atoms in total. The zero-order valence-electron chi connectivity index (χ0n) is 9.95. The van der Waals surface area contributed by atoms with Gasteiger partial charge in [-0.3, -0.25) is 9.59 Å². The van der Waals surface area contributed by atoms with Crippen molar-refractivity contribution in [1.29, 1.82) is 0 Å². The van der Waals surface area contributed by atoms with E-state index in [0.717, 1.165) is 0 Å². The van der Waals surface area contributed by atoms with E-state index in [-0.39, 0.29) is 31.6 Å². The average Bonchev–Trinajstić information content (AvgIpc) is 2.11. The first-order chi connectivity index (χ1) is 6.84. The number of carbonyl (C=O) groups excluding carboxylic acids is 2. The number of rotatable bonds is 6. The topological polar surface area (TPSA) is 69.4 Å². The molecule has 1 atom stereocenters. The minimum absolute atomic E-state index is 0. The van der Waals surface area contributed by atoms with E-state index in [4.69, 9.17) is 10.5 Å². The number of ketones is 1. The normalized spacial score (nSPS) is 13.0. The molecule has 0 radical (unpaired) electrons. The number of carbonyl (C=O) groups is 2. The van der Waals surface area contributed by atoms with E-state index in [9.17, 15) is 9.59 Å². The predicted octanol–water partition coefficient (Wildman–Crippen LogP) is 1.52. The molecule has 0 saturated carbocycles. The van der Waals surface area contributed by atoms with Gasteiger partial charge in [-0.25, -0.2) is 0 Å². The third-order valence-corrected chi connectivity index (χ3v) is 1.96. The molecule has 0 amide bonds. The molecule has 0 spiro atoms. The number of Topliss-reactive ketones (excluding diaryl/α,β-unsaturated/α-hetero) is 1. The summed E-state index contributed by atoms with van der Waals surface area (Å²) in [6.07, 6.45) is 0.454. The van der Waals surface area contributed by atoms with E-state index < -0.39 is 6.04 Å². The Morgan fingerprint density at radius 3 is 2.20 bits per heavy atom. The Hall–Kier alpha value is -0.900. The molecule has 0 aromatic rings. The molecule has 2 N–H and O–H groups in total. The van der Waals surface area contributed by atoms with Crippen LogP contribution in [0.2, 0.25) is 0 Å². The number of ether oxygens (including phenoxy) is 1. The van der Waals surface area contributed by atoms with Crippen LogP contribution in [0.4, 0.5) is 0 Å². The Bertz CT molecular complexity index is 229. The van der Waals surface area contributed by atoms with Crippen LogP contribution in [0, 0.1) is 5.92 Å². The van der Waals surface area contributed by atoms with Gasteiger partial charge in [0.05, 0.1) is 12.1 Å². The number of nitrogens with two attached hydrogens (primary N) is 1. The maximum Gasteiger partial charge on any atom is 0.306 e. The van der Waals surface area contributed by atoms with Gasteiger partial charge in [0.1, 0.15) is 0 Å². The highest BCUT2D eigenvalue weighted by Gasteiger charge is 2.18. The molecule has 0 aromatic heterocycles. The minimum Gasteiger partial charge on any atom is -0.463 e. The quantitative estimate of drug-likeness (QED) is 0.685. The van der Waals surface area contributed by atoms with Crippen LogP contribution in [0.3, 0.4) is 0 Å². The van der Waals surface area contributed by atoms with Crippen LogP contribution in [-0.2, 0) is 14.3 Å². The summed E-state index contributed by atoms with van der Waals surface area (Å²) >= 11 is 0. The van der Waals surface area contributed by atoms with Gasteiger partial charge in [-0.15, -0.1) is 0 Å². The maximum absolute atomic E-state index is 11.4. The number of hydrogen-bond acceptors (Lipinski definition) is 4. The summed E-state index contributed by atoms with van der Waals surface area (Å²) in [5, 5.41) is 0. The molecule has 4 heteroatoms. The lowest BCUT2D eigenvalue weighted by atomic mass is 9.99. The highest BCUT2D eigenvalue weighted by atomic mass is 16.5. The highest BCUT2D eigenvalue weighted by molar-refractivity contribution is 5.85. The van der Waals surface area contributed by atoms with Crippen molar-refractivity contribution in [3.63, 3.8) is 0 Å². The lowest BCUT2D eigenvalue weighted by Crippen LogP contribution is -2.34. The molecule has 0 rings (SSSR count). The zero-order chi connectivity index (χ0) is 12.0. The van der Waals surface area contributed by atoms with Gasteiger partial charge >= 0.3 is 5.97 Å². The highest BCUT2D eigenvalue weighted by Crippen LogP contribution is 2.05. The Morgan fingerprint density at radius 1 is 1.27 bits per heavy atom. The molecule has 0 fully saturated rings. The summed E-state index contributed by atoms with van der Waals surface area (Å²) in [7, 11) is 0. The van der Waals surface area contributed by atoms with Crippen LogP contribution >= 0.6 is 0 Å². The predicted molar refractivity (Wildman–Crippen MR) is 60.4 cm³/mol. The van der Waals surface area contributed by atoms with Gasteiger partial charge in [0.25, 0.3) is 0 Å². The molecule has 0 aliphatic rings. The average molecular weight is 217 g/mol. The fourth-order valence-electron chi connectivity index (χ4n) is 1.17. The lowest BCUT2D eigenvalue weighted by molar-refractivity contribution is -0.147. The maximum atomic E-state index is 11.4. The Balaban J connectivity index is 0. The van der Waals surface area contributed by atoms with Crippen molar-refractivity contribution < 1.29 is 15.8 Å². The first kappa shape index (κ1) is 14.1. The van der Waals surface area contributed by atoms with Crippen LogP contribution < -0.4 is 5.73 Å². The molecule has 0 aliphatic carbocycles. The van der Waals surface area contributed by atoms with Gasteiger partial charge in [0, 0.05) is 13.8 Å². The third-order valence-electron chi connectivity index (χ3n) is 1.96. The van der Waals surface area contributed by atoms with Crippen molar-refractivity contribution in [3.8, 4) is 0 Å². The van der Waals surface area contributed by atoms with Crippen molar-refractivity contribution >= 4 is 11.8 Å². The molecular formula is C11H23NO3. The Morgan fingerprint density at radius 2 is 1.80 bits per heavy atom. The van der Waals surface area contributed by atoms with E-state index >= 15 is 0 Å². The molecular weight excluding hydrogens is 194 g/mol. The third kappa shape index (κ3) is 6.23. The summed E-state index contributed by atoms with van der Waals surface area (Å²) in [4.78, 5) is 22.6. The van der Waals surface area contributed by atoms with E-state index in [1.165, 1.54) is 0 Å². The molecule has 0 unspecified atom stereocenters. The van der Waals surface area contributed by atoms with Gasteiger partial charge in [-0.1, -0.05) is 13.8 Å². The molecule has 0 aromatic carbocycles. The molecule has 0 aliphatic heterocycles. The summed E-state index contributed by atoms with van der Waals surface area (Å²) in [5.74, 6) is -0.384. The van der Waals surface area contributed by atoms with E-state index in [0.29, 0.717) is 6.42 Å². The van der Waals surface area contributed by atoms with E-state index in [1.807, 2.05) is 0 Å². The summed E-state index contributed by atoms with van der Waals surface area (Å²) in [6.45, 7) is 7.18.